The summed E-state index contributed by atoms with van der Waals surface area (Å²) in [6.07, 6.45) is 3.09. The summed E-state index contributed by atoms with van der Waals surface area (Å²) in [6, 6.07) is 11.7. The second kappa shape index (κ2) is 6.72. The van der Waals surface area contributed by atoms with Crippen LogP contribution in [-0.2, 0) is 0 Å². The van der Waals surface area contributed by atoms with Crippen LogP contribution in [0.1, 0.15) is 13.3 Å². The Balaban J connectivity index is 1.61. The third-order valence-corrected chi connectivity index (χ3v) is 4.69. The third kappa shape index (κ3) is 3.17. The van der Waals surface area contributed by atoms with Crippen LogP contribution in [-0.4, -0.2) is 52.3 Å². The molecule has 1 fully saturated rings. The molecule has 25 heavy (non-hydrogen) atoms. The van der Waals surface area contributed by atoms with Crippen LogP contribution in [0.25, 0.3) is 16.9 Å². The maximum atomic E-state index is 6.09. The van der Waals surface area contributed by atoms with Crippen LogP contribution >= 0.6 is 0 Å². The Bertz CT molecular complexity index is 859. The Labute approximate surface area is 147 Å². The summed E-state index contributed by atoms with van der Waals surface area (Å²) in [5.41, 5.74) is 2.78. The van der Waals surface area contributed by atoms with Crippen molar-refractivity contribution in [2.45, 2.75) is 19.4 Å². The molecular formula is C19H22N4O2. The number of fused-ring (bicyclic) bond motifs is 1. The van der Waals surface area contributed by atoms with E-state index in [0.29, 0.717) is 5.88 Å². The Morgan fingerprint density at radius 3 is 2.72 bits per heavy atom. The van der Waals surface area contributed by atoms with E-state index in [-0.39, 0.29) is 6.10 Å². The van der Waals surface area contributed by atoms with Crippen molar-refractivity contribution in [1.29, 1.82) is 0 Å². The lowest BCUT2D eigenvalue weighted by Crippen LogP contribution is -2.24. The monoisotopic (exact) mass is 338 g/mol. The van der Waals surface area contributed by atoms with Gasteiger partial charge in [0.05, 0.1) is 19.0 Å². The highest BCUT2D eigenvalue weighted by Gasteiger charge is 2.23. The van der Waals surface area contributed by atoms with Crippen molar-refractivity contribution in [2.24, 2.45) is 0 Å². The lowest BCUT2D eigenvalue weighted by atomic mass is 10.1. The van der Waals surface area contributed by atoms with Gasteiger partial charge in [0.2, 0.25) is 5.88 Å². The topological polar surface area (TPSA) is 51.9 Å². The highest BCUT2D eigenvalue weighted by molar-refractivity contribution is 5.63. The first kappa shape index (κ1) is 15.9. The summed E-state index contributed by atoms with van der Waals surface area (Å²) in [6.45, 7) is 5.30. The normalized spacial score (nSPS) is 17.9. The average molecular weight is 338 g/mol. The molecule has 1 unspecified atom stereocenters. The maximum Gasteiger partial charge on any atom is 0.232 e. The van der Waals surface area contributed by atoms with Crippen LogP contribution < -0.4 is 9.47 Å². The van der Waals surface area contributed by atoms with E-state index in [2.05, 4.69) is 21.9 Å². The zero-order valence-corrected chi connectivity index (χ0v) is 14.6. The number of imidazole rings is 1. The van der Waals surface area contributed by atoms with Crippen molar-refractivity contribution in [3.8, 4) is 22.9 Å². The molecule has 0 aliphatic carbocycles. The smallest absolute Gasteiger partial charge is 0.232 e. The molecule has 0 N–H and O–H groups in total. The highest BCUT2D eigenvalue weighted by Crippen LogP contribution is 2.24. The fraction of sp³-hybridized carbons (Fsp3) is 0.368. The van der Waals surface area contributed by atoms with E-state index in [1.54, 1.807) is 7.11 Å². The summed E-state index contributed by atoms with van der Waals surface area (Å²) in [5.74, 6) is 1.47. The minimum Gasteiger partial charge on any atom is -0.497 e. The molecule has 1 aliphatic rings. The highest BCUT2D eigenvalue weighted by atomic mass is 16.5. The van der Waals surface area contributed by atoms with Gasteiger partial charge in [0.25, 0.3) is 0 Å². The van der Waals surface area contributed by atoms with Crippen molar-refractivity contribution in [2.75, 3.05) is 26.7 Å². The SMILES string of the molecule is CCN1CCC(Oc2ccc3ncc(-c4ccc(OC)cc4)n3n2)C1. The molecule has 0 amide bonds. The average Bonchev–Trinajstić information content (AvgIpc) is 3.28. The molecule has 4 rings (SSSR count). The van der Waals surface area contributed by atoms with Gasteiger partial charge in [0.1, 0.15) is 11.9 Å². The summed E-state index contributed by atoms with van der Waals surface area (Å²) < 4.78 is 13.2. The zero-order valence-electron chi connectivity index (χ0n) is 14.6. The summed E-state index contributed by atoms with van der Waals surface area (Å²) in [4.78, 5) is 6.83. The molecule has 0 bridgehead atoms. The molecule has 6 nitrogen and oxygen atoms in total. The molecule has 6 heteroatoms. The first-order chi connectivity index (χ1) is 12.3. The van der Waals surface area contributed by atoms with Gasteiger partial charge in [-0.2, -0.15) is 0 Å². The van der Waals surface area contributed by atoms with Crippen LogP contribution in [0.3, 0.4) is 0 Å². The lowest BCUT2D eigenvalue weighted by molar-refractivity contribution is 0.192. The van der Waals surface area contributed by atoms with Gasteiger partial charge in [-0.3, -0.25) is 4.90 Å². The van der Waals surface area contributed by atoms with E-state index in [1.807, 2.05) is 47.1 Å². The van der Waals surface area contributed by atoms with Crippen molar-refractivity contribution in [1.82, 2.24) is 19.5 Å². The standard InChI is InChI=1S/C19H22N4O2/c1-3-22-11-10-16(13-22)25-19-9-8-18-20-12-17(23(18)21-19)14-4-6-15(24-2)7-5-14/h4-9,12,16H,3,10-11,13H2,1-2H3. The van der Waals surface area contributed by atoms with Gasteiger partial charge in [-0.15, -0.1) is 5.10 Å². The predicted octanol–water partition coefficient (Wildman–Crippen LogP) is 2.88. The molecule has 1 atom stereocenters. The summed E-state index contributed by atoms with van der Waals surface area (Å²) in [5, 5.41) is 4.65. The molecule has 2 aromatic heterocycles. The van der Waals surface area contributed by atoms with Gasteiger partial charge in [0.15, 0.2) is 5.65 Å². The molecular weight excluding hydrogens is 316 g/mol. The molecule has 1 aliphatic heterocycles. The molecule has 0 radical (unpaired) electrons. The minimum atomic E-state index is 0.206. The molecule has 3 aromatic rings. The Hall–Kier alpha value is -2.60. The number of aromatic nitrogens is 3. The number of rotatable bonds is 5. The Morgan fingerprint density at radius 1 is 1.16 bits per heavy atom. The maximum absolute atomic E-state index is 6.09. The Morgan fingerprint density at radius 2 is 2.00 bits per heavy atom. The van der Waals surface area contributed by atoms with Gasteiger partial charge < -0.3 is 9.47 Å². The second-order valence-electron chi connectivity index (χ2n) is 6.24. The van der Waals surface area contributed by atoms with Crippen LogP contribution in [0.4, 0.5) is 0 Å². The fourth-order valence-electron chi connectivity index (χ4n) is 3.23. The van der Waals surface area contributed by atoms with Crippen molar-refractivity contribution in [3.63, 3.8) is 0 Å². The van der Waals surface area contributed by atoms with Crippen molar-refractivity contribution >= 4 is 5.65 Å². The number of nitrogens with zero attached hydrogens (tertiary/aromatic N) is 4. The summed E-state index contributed by atoms with van der Waals surface area (Å²) >= 11 is 0. The van der Waals surface area contributed by atoms with Crippen LogP contribution in [0.2, 0.25) is 0 Å². The molecule has 1 saturated heterocycles. The van der Waals surface area contributed by atoms with E-state index >= 15 is 0 Å². The van der Waals surface area contributed by atoms with Gasteiger partial charge in [-0.1, -0.05) is 6.92 Å². The minimum absolute atomic E-state index is 0.206. The first-order valence-corrected chi connectivity index (χ1v) is 8.65. The molecule has 130 valence electrons. The van der Waals surface area contributed by atoms with Gasteiger partial charge in [0, 0.05) is 24.7 Å². The molecule has 0 saturated carbocycles. The first-order valence-electron chi connectivity index (χ1n) is 8.65. The second-order valence-corrected chi connectivity index (χ2v) is 6.24. The molecule has 0 spiro atoms. The fourth-order valence-corrected chi connectivity index (χ4v) is 3.23. The number of hydrogen-bond donors (Lipinski definition) is 0. The van der Waals surface area contributed by atoms with Crippen LogP contribution in [0, 0.1) is 0 Å². The number of hydrogen-bond acceptors (Lipinski definition) is 5. The van der Waals surface area contributed by atoms with Gasteiger partial charge in [-0.05, 0) is 43.3 Å². The van der Waals surface area contributed by atoms with E-state index in [0.717, 1.165) is 48.7 Å². The zero-order chi connectivity index (χ0) is 17.2. The third-order valence-electron chi connectivity index (χ3n) is 4.69. The molecule has 3 heterocycles. The number of benzene rings is 1. The van der Waals surface area contributed by atoms with Crippen molar-refractivity contribution < 1.29 is 9.47 Å². The number of likely N-dealkylation sites (N-methyl/N-ethyl adjacent to an activating group) is 1. The van der Waals surface area contributed by atoms with E-state index in [9.17, 15) is 0 Å². The lowest BCUT2D eigenvalue weighted by Gasteiger charge is -2.14. The number of methoxy groups -OCH3 is 1. The van der Waals surface area contributed by atoms with E-state index < -0.39 is 0 Å². The van der Waals surface area contributed by atoms with E-state index in [1.165, 1.54) is 0 Å². The molecule has 1 aromatic carbocycles. The van der Waals surface area contributed by atoms with Crippen LogP contribution in [0.15, 0.2) is 42.6 Å². The number of likely N-dealkylation sites (tertiary alicyclic amines) is 1. The summed E-state index contributed by atoms with van der Waals surface area (Å²) in [7, 11) is 1.66. The van der Waals surface area contributed by atoms with Crippen LogP contribution in [0.5, 0.6) is 11.6 Å². The van der Waals surface area contributed by atoms with E-state index in [4.69, 9.17) is 9.47 Å². The quantitative estimate of drug-likeness (QED) is 0.716. The van der Waals surface area contributed by atoms with Crippen molar-refractivity contribution in [3.05, 3.63) is 42.6 Å². The van der Waals surface area contributed by atoms with Gasteiger partial charge >= 0.3 is 0 Å². The predicted molar refractivity (Wildman–Crippen MR) is 96.1 cm³/mol. The van der Waals surface area contributed by atoms with Gasteiger partial charge in [-0.25, -0.2) is 9.50 Å². The Kier molecular flexibility index (Phi) is 4.28. The largest absolute Gasteiger partial charge is 0.497 e. The number of ether oxygens (including phenoxy) is 2.